The Kier molecular flexibility index (Phi) is 6.86. The third-order valence-electron chi connectivity index (χ3n) is 5.76. The molecule has 172 valence electrons. The van der Waals surface area contributed by atoms with Crippen LogP contribution in [0.3, 0.4) is 0 Å². The van der Waals surface area contributed by atoms with Crippen molar-refractivity contribution < 1.29 is 0 Å². The molecule has 0 aromatic carbocycles. The van der Waals surface area contributed by atoms with Crippen LogP contribution in [0.25, 0.3) is 11.2 Å². The maximum absolute atomic E-state index is 12.6. The van der Waals surface area contributed by atoms with Crippen LogP contribution in [0.5, 0.6) is 0 Å². The summed E-state index contributed by atoms with van der Waals surface area (Å²) in [6, 6.07) is 4.01. The third-order valence-corrected chi connectivity index (χ3v) is 5.76. The van der Waals surface area contributed by atoms with Crippen molar-refractivity contribution >= 4 is 28.7 Å². The van der Waals surface area contributed by atoms with E-state index < -0.39 is 0 Å². The number of fused-ring (bicyclic) bond motifs is 1. The predicted octanol–water partition coefficient (Wildman–Crippen LogP) is 0.438. The van der Waals surface area contributed by atoms with Crippen molar-refractivity contribution in [1.82, 2.24) is 29.4 Å². The van der Waals surface area contributed by atoms with Gasteiger partial charge in [0.1, 0.15) is 11.3 Å². The van der Waals surface area contributed by atoms with Gasteiger partial charge in [-0.2, -0.15) is 9.97 Å². The second-order valence-electron chi connectivity index (χ2n) is 8.07. The average molecular weight is 441 g/mol. The summed E-state index contributed by atoms with van der Waals surface area (Å²) in [6.45, 7) is 8.67. The molecule has 11 nitrogen and oxygen atoms in total. The van der Waals surface area contributed by atoms with E-state index in [1.54, 1.807) is 4.57 Å². The zero-order valence-corrected chi connectivity index (χ0v) is 18.5. The zero-order chi connectivity index (χ0) is 22.5. The fraction of sp³-hybridized carbons (Fsp3) is 0.524. The van der Waals surface area contributed by atoms with Crippen LogP contribution in [-0.4, -0.2) is 75.2 Å². The van der Waals surface area contributed by atoms with Gasteiger partial charge in [0.05, 0.1) is 6.54 Å². The number of nitrogens with one attached hydrogen (secondary N) is 2. The largest absolute Gasteiger partial charge is 0.382 e. The van der Waals surface area contributed by atoms with Crippen molar-refractivity contribution in [3.63, 3.8) is 0 Å². The Balaban J connectivity index is 1.49. The highest BCUT2D eigenvalue weighted by molar-refractivity contribution is 5.82. The van der Waals surface area contributed by atoms with Gasteiger partial charge in [-0.05, 0) is 18.1 Å². The molecule has 0 aliphatic carbocycles. The summed E-state index contributed by atoms with van der Waals surface area (Å²) < 4.78 is 1.57. The molecular weight excluding hydrogens is 408 g/mol. The van der Waals surface area contributed by atoms with Crippen LogP contribution in [0.2, 0.25) is 0 Å². The molecule has 0 unspecified atom stereocenters. The maximum atomic E-state index is 12.6. The maximum Gasteiger partial charge on any atom is 0.328 e. The summed E-state index contributed by atoms with van der Waals surface area (Å²) in [7, 11) is 0. The van der Waals surface area contributed by atoms with Gasteiger partial charge in [0, 0.05) is 52.0 Å². The molecule has 3 aromatic rings. The first-order chi connectivity index (χ1) is 15.6. The Labute approximate surface area is 186 Å². The zero-order valence-electron chi connectivity index (χ0n) is 18.5. The fourth-order valence-corrected chi connectivity index (χ4v) is 3.92. The van der Waals surface area contributed by atoms with E-state index in [0.29, 0.717) is 30.2 Å². The summed E-state index contributed by atoms with van der Waals surface area (Å²) in [5, 5.41) is 3.17. The lowest BCUT2D eigenvalue weighted by Crippen LogP contribution is -2.48. The van der Waals surface area contributed by atoms with Gasteiger partial charge >= 0.3 is 5.69 Å². The number of nitrogen functional groups attached to an aromatic ring is 1. The average Bonchev–Trinajstić information content (AvgIpc) is 3.11. The Morgan fingerprint density at radius 2 is 2.00 bits per heavy atom. The van der Waals surface area contributed by atoms with E-state index >= 15 is 0 Å². The number of hydrogen-bond acceptors (Lipinski definition) is 9. The Morgan fingerprint density at radius 1 is 1.19 bits per heavy atom. The number of imidazole rings is 1. The second kappa shape index (κ2) is 9.96. The van der Waals surface area contributed by atoms with Crippen LogP contribution in [0.4, 0.5) is 17.6 Å². The summed E-state index contributed by atoms with van der Waals surface area (Å²) in [4.78, 5) is 33.4. The molecule has 4 heterocycles. The Hall–Kier alpha value is -3.18. The number of H-pyrrole nitrogens is 1. The highest BCUT2D eigenvalue weighted by Crippen LogP contribution is 2.19. The van der Waals surface area contributed by atoms with Crippen LogP contribution in [0, 0.1) is 0 Å². The van der Waals surface area contributed by atoms with Crippen LogP contribution >= 0.6 is 0 Å². The van der Waals surface area contributed by atoms with Gasteiger partial charge in [0.15, 0.2) is 11.5 Å². The topological polar surface area (TPSA) is 147 Å². The van der Waals surface area contributed by atoms with Gasteiger partial charge in [-0.25, -0.2) is 9.78 Å². The molecule has 4 rings (SSSR count). The lowest BCUT2D eigenvalue weighted by atomic mass is 10.2. The van der Waals surface area contributed by atoms with E-state index in [0.717, 1.165) is 63.5 Å². The first kappa shape index (κ1) is 22.0. The van der Waals surface area contributed by atoms with Crippen molar-refractivity contribution in [2.75, 3.05) is 61.8 Å². The number of unbranched alkanes of at least 4 members (excludes halogenated alkanes) is 1. The van der Waals surface area contributed by atoms with E-state index in [1.165, 1.54) is 0 Å². The van der Waals surface area contributed by atoms with E-state index in [2.05, 4.69) is 42.0 Å². The lowest BCUT2D eigenvalue weighted by molar-refractivity contribution is 0.264. The monoisotopic (exact) mass is 440 g/mol. The van der Waals surface area contributed by atoms with Crippen molar-refractivity contribution in [3.05, 3.63) is 34.4 Å². The molecular formula is C21H32N10O. The summed E-state index contributed by atoms with van der Waals surface area (Å²) in [5.41, 5.74) is 13.3. The number of pyridine rings is 1. The number of anilines is 3. The van der Waals surface area contributed by atoms with Crippen LogP contribution < -0.4 is 27.4 Å². The molecule has 1 saturated heterocycles. The van der Waals surface area contributed by atoms with Gasteiger partial charge in [0.25, 0.3) is 0 Å². The number of aromatic amines is 1. The van der Waals surface area contributed by atoms with Crippen LogP contribution in [0.15, 0.2) is 23.1 Å². The summed E-state index contributed by atoms with van der Waals surface area (Å²) in [5.74, 6) is 1.63. The van der Waals surface area contributed by atoms with Gasteiger partial charge in [-0.3, -0.25) is 9.47 Å². The number of rotatable bonds is 9. The van der Waals surface area contributed by atoms with Crippen molar-refractivity contribution in [3.8, 4) is 0 Å². The fourth-order valence-electron chi connectivity index (χ4n) is 3.92. The highest BCUT2D eigenvalue weighted by Gasteiger charge is 2.18. The lowest BCUT2D eigenvalue weighted by Gasteiger charge is -2.35. The van der Waals surface area contributed by atoms with E-state index in [4.69, 9.17) is 11.5 Å². The molecule has 6 N–H and O–H groups in total. The molecule has 1 fully saturated rings. The number of nitrogens with two attached hydrogens (primary N) is 2. The van der Waals surface area contributed by atoms with E-state index in [1.807, 2.05) is 18.3 Å². The number of aromatic nitrogens is 5. The first-order valence-corrected chi connectivity index (χ1v) is 11.2. The first-order valence-electron chi connectivity index (χ1n) is 11.2. The molecule has 0 spiro atoms. The van der Waals surface area contributed by atoms with Gasteiger partial charge < -0.3 is 26.7 Å². The minimum absolute atomic E-state index is 0.257. The highest BCUT2D eigenvalue weighted by atomic mass is 16.1. The molecule has 1 aliphatic heterocycles. The number of nitrogens with zero attached hydrogens (tertiary/aromatic N) is 6. The number of hydrogen-bond donors (Lipinski definition) is 4. The minimum atomic E-state index is -0.271. The SMILES string of the molecule is CCCCNc1nc(N)c2[nH]c(=O)n(Cc3ccc(N4CCN(CCN)CC4)nc3)c2n1. The molecule has 0 saturated carbocycles. The standard InChI is InChI=1S/C21H32N10O/c1-2-3-7-24-20-27-18(23)17-19(28-20)31(21(32)26-17)14-15-4-5-16(25-13-15)30-11-9-29(8-6-22)10-12-30/h4-5,13H,2-3,6-12,14,22H2,1H3,(H,26,32)(H3,23,24,27,28). The second-order valence-corrected chi connectivity index (χ2v) is 8.07. The minimum Gasteiger partial charge on any atom is -0.382 e. The predicted molar refractivity (Wildman–Crippen MR) is 127 cm³/mol. The molecule has 3 aromatic heterocycles. The molecule has 0 atom stereocenters. The Morgan fingerprint density at radius 3 is 2.69 bits per heavy atom. The normalized spacial score (nSPS) is 14.9. The quantitative estimate of drug-likeness (QED) is 0.348. The van der Waals surface area contributed by atoms with E-state index in [9.17, 15) is 4.79 Å². The molecule has 0 bridgehead atoms. The van der Waals surface area contributed by atoms with Crippen molar-refractivity contribution in [2.24, 2.45) is 5.73 Å². The van der Waals surface area contributed by atoms with Gasteiger partial charge in [-0.15, -0.1) is 0 Å². The van der Waals surface area contributed by atoms with Crippen molar-refractivity contribution in [1.29, 1.82) is 0 Å². The Bertz CT molecular complexity index is 1080. The molecule has 0 amide bonds. The van der Waals surface area contributed by atoms with Crippen molar-refractivity contribution in [2.45, 2.75) is 26.3 Å². The van der Waals surface area contributed by atoms with E-state index in [-0.39, 0.29) is 11.5 Å². The molecule has 1 aliphatic rings. The molecule has 32 heavy (non-hydrogen) atoms. The molecule has 0 radical (unpaired) electrons. The number of piperazine rings is 1. The van der Waals surface area contributed by atoms with Gasteiger partial charge in [-0.1, -0.05) is 19.4 Å². The summed E-state index contributed by atoms with van der Waals surface area (Å²) >= 11 is 0. The molecule has 11 heteroatoms. The van der Waals surface area contributed by atoms with Crippen LogP contribution in [0.1, 0.15) is 25.3 Å². The third kappa shape index (κ3) is 4.83. The van der Waals surface area contributed by atoms with Crippen LogP contribution in [-0.2, 0) is 6.54 Å². The summed E-state index contributed by atoms with van der Waals surface area (Å²) in [6.07, 6.45) is 3.88. The van der Waals surface area contributed by atoms with Gasteiger partial charge in [0.2, 0.25) is 5.95 Å². The smallest absolute Gasteiger partial charge is 0.328 e.